The van der Waals surface area contributed by atoms with E-state index < -0.39 is 5.97 Å². The number of benzene rings is 2. The molecule has 3 heteroatoms. The van der Waals surface area contributed by atoms with Gasteiger partial charge in [-0.3, -0.25) is 0 Å². The van der Waals surface area contributed by atoms with Gasteiger partial charge in [0.25, 0.3) is 0 Å². The molecule has 0 radical (unpaired) electrons. The summed E-state index contributed by atoms with van der Waals surface area (Å²) in [6.07, 6.45) is 2.00. The van der Waals surface area contributed by atoms with Crippen LogP contribution in [0.25, 0.3) is 0 Å². The second-order valence-corrected chi connectivity index (χ2v) is 12.9. The van der Waals surface area contributed by atoms with Crippen LogP contribution in [0.3, 0.4) is 0 Å². The molecule has 0 aliphatic rings. The fourth-order valence-electron chi connectivity index (χ4n) is 5.11. The summed E-state index contributed by atoms with van der Waals surface area (Å²) in [7, 11) is 0. The summed E-state index contributed by atoms with van der Waals surface area (Å²) in [6.45, 7) is 22.2. The normalized spacial score (nSPS) is 13.2. The largest absolute Gasteiger partial charge is 0.507 e. The maximum absolute atomic E-state index is 12.9. The fraction of sp³-hybridized carbons (Fsp3) is 0.552. The number of carbonyl (C=O) groups excluding carboxylic acids is 1. The number of hydrogen-bond donors (Lipinski definition) is 1. The molecule has 1 N–H and O–H groups in total. The Labute approximate surface area is 195 Å². The van der Waals surface area contributed by atoms with Crippen molar-refractivity contribution in [1.29, 1.82) is 0 Å². The molecule has 176 valence electrons. The monoisotopic (exact) mass is 438 g/mol. The van der Waals surface area contributed by atoms with Crippen LogP contribution in [0.2, 0.25) is 0 Å². The molecule has 0 fully saturated rings. The van der Waals surface area contributed by atoms with Gasteiger partial charge >= 0.3 is 5.97 Å². The SMILES string of the molecule is CC(C)(C)CC(C)(C)c1ccc(OC(=O)c2cc(C(C)(C)CC(C)(C)C)ccc2O)cc1. The van der Waals surface area contributed by atoms with Crippen LogP contribution < -0.4 is 4.74 Å². The predicted molar refractivity (Wildman–Crippen MR) is 134 cm³/mol. The third kappa shape index (κ3) is 7.12. The van der Waals surface area contributed by atoms with E-state index >= 15 is 0 Å². The molecule has 0 saturated heterocycles. The molecule has 2 aromatic carbocycles. The second kappa shape index (κ2) is 8.92. The first kappa shape index (κ1) is 26.0. The fourth-order valence-corrected chi connectivity index (χ4v) is 5.11. The lowest BCUT2D eigenvalue weighted by Gasteiger charge is -2.33. The summed E-state index contributed by atoms with van der Waals surface area (Å²) >= 11 is 0. The molecule has 32 heavy (non-hydrogen) atoms. The molecular weight excluding hydrogens is 396 g/mol. The van der Waals surface area contributed by atoms with E-state index in [0.29, 0.717) is 5.75 Å². The van der Waals surface area contributed by atoms with E-state index in [-0.39, 0.29) is 33.0 Å². The van der Waals surface area contributed by atoms with Crippen molar-refractivity contribution < 1.29 is 14.6 Å². The van der Waals surface area contributed by atoms with Gasteiger partial charge in [0.2, 0.25) is 0 Å². The highest BCUT2D eigenvalue weighted by atomic mass is 16.5. The second-order valence-electron chi connectivity index (χ2n) is 12.9. The molecule has 0 spiro atoms. The predicted octanol–water partition coefficient (Wildman–Crippen LogP) is 8.04. The number of hydrogen-bond acceptors (Lipinski definition) is 3. The van der Waals surface area contributed by atoms with E-state index in [2.05, 4.69) is 69.2 Å². The Kier molecular flexibility index (Phi) is 7.24. The summed E-state index contributed by atoms with van der Waals surface area (Å²) in [4.78, 5) is 12.9. The zero-order chi connectivity index (χ0) is 24.5. The van der Waals surface area contributed by atoms with Gasteiger partial charge in [-0.15, -0.1) is 0 Å². The molecule has 0 atom stereocenters. The number of phenols is 1. The van der Waals surface area contributed by atoms with Gasteiger partial charge in [0.05, 0.1) is 0 Å². The zero-order valence-corrected chi connectivity index (χ0v) is 21.7. The molecule has 3 nitrogen and oxygen atoms in total. The first-order valence-corrected chi connectivity index (χ1v) is 11.6. The van der Waals surface area contributed by atoms with Crippen LogP contribution in [0.4, 0.5) is 0 Å². The zero-order valence-electron chi connectivity index (χ0n) is 21.7. The summed E-state index contributed by atoms with van der Waals surface area (Å²) in [5.74, 6) is -0.130. The Bertz CT molecular complexity index is 936. The van der Waals surface area contributed by atoms with Crippen molar-refractivity contribution in [2.24, 2.45) is 10.8 Å². The Hall–Kier alpha value is -2.29. The first-order chi connectivity index (χ1) is 14.4. The number of esters is 1. The van der Waals surface area contributed by atoms with Gasteiger partial charge in [-0.2, -0.15) is 0 Å². The van der Waals surface area contributed by atoms with Crippen LogP contribution >= 0.6 is 0 Å². The minimum absolute atomic E-state index is 0.0199. The van der Waals surface area contributed by atoms with Gasteiger partial charge in [0.15, 0.2) is 0 Å². The highest BCUT2D eigenvalue weighted by Gasteiger charge is 2.29. The summed E-state index contributed by atoms with van der Waals surface area (Å²) < 4.78 is 5.62. The van der Waals surface area contributed by atoms with Gasteiger partial charge in [-0.1, -0.05) is 87.4 Å². The van der Waals surface area contributed by atoms with Crippen molar-refractivity contribution in [2.45, 2.75) is 92.9 Å². The van der Waals surface area contributed by atoms with E-state index in [9.17, 15) is 9.90 Å². The lowest BCUT2D eigenvalue weighted by molar-refractivity contribution is 0.0731. The molecule has 0 aromatic heterocycles. The molecular formula is C29H42O3. The number of aromatic hydroxyl groups is 1. The van der Waals surface area contributed by atoms with Crippen LogP contribution in [0.1, 0.15) is 104 Å². The molecule has 0 amide bonds. The molecule has 0 bridgehead atoms. The third-order valence-electron chi connectivity index (χ3n) is 5.79. The lowest BCUT2D eigenvalue weighted by Crippen LogP contribution is -2.25. The van der Waals surface area contributed by atoms with Crippen molar-refractivity contribution in [2.75, 3.05) is 0 Å². The Morgan fingerprint density at radius 2 is 1.16 bits per heavy atom. The number of ether oxygens (including phenoxy) is 1. The Balaban J connectivity index is 2.23. The average molecular weight is 439 g/mol. The Morgan fingerprint density at radius 1 is 0.719 bits per heavy atom. The minimum Gasteiger partial charge on any atom is -0.507 e. The molecule has 0 unspecified atom stereocenters. The minimum atomic E-state index is -0.544. The van der Waals surface area contributed by atoms with Crippen molar-refractivity contribution in [3.8, 4) is 11.5 Å². The highest BCUT2D eigenvalue weighted by Crippen LogP contribution is 2.38. The topological polar surface area (TPSA) is 46.5 Å². The number of rotatable bonds is 6. The number of carbonyl (C=O) groups is 1. The van der Waals surface area contributed by atoms with Gasteiger partial charge < -0.3 is 9.84 Å². The standard InChI is InChI=1S/C29H42O3/c1-26(2,3)18-28(7,8)20-11-14-22(15-12-20)32-25(31)23-17-21(13-16-24(23)30)29(9,10)19-27(4,5)6/h11-17,30H,18-19H2,1-10H3. The van der Waals surface area contributed by atoms with E-state index in [4.69, 9.17) is 4.74 Å². The molecule has 0 aliphatic carbocycles. The average Bonchev–Trinajstić information content (AvgIpc) is 2.58. The van der Waals surface area contributed by atoms with Crippen molar-refractivity contribution in [3.05, 3.63) is 59.2 Å². The molecule has 2 aromatic rings. The highest BCUT2D eigenvalue weighted by molar-refractivity contribution is 5.94. The van der Waals surface area contributed by atoms with Crippen LogP contribution in [0.15, 0.2) is 42.5 Å². The van der Waals surface area contributed by atoms with E-state index in [0.717, 1.165) is 18.4 Å². The lowest BCUT2D eigenvalue weighted by atomic mass is 9.72. The summed E-state index contributed by atoms with van der Waals surface area (Å²) in [5.41, 5.74) is 2.66. The van der Waals surface area contributed by atoms with Crippen LogP contribution in [0, 0.1) is 10.8 Å². The van der Waals surface area contributed by atoms with Crippen LogP contribution in [0.5, 0.6) is 11.5 Å². The maximum atomic E-state index is 12.9. The van der Waals surface area contributed by atoms with Gasteiger partial charge in [-0.05, 0) is 69.9 Å². The van der Waals surface area contributed by atoms with E-state index in [1.807, 2.05) is 30.3 Å². The molecule has 2 rings (SSSR count). The van der Waals surface area contributed by atoms with Gasteiger partial charge in [-0.25, -0.2) is 4.79 Å². The van der Waals surface area contributed by atoms with Gasteiger partial charge in [0, 0.05) is 0 Å². The van der Waals surface area contributed by atoms with E-state index in [1.54, 1.807) is 12.1 Å². The molecule has 0 heterocycles. The van der Waals surface area contributed by atoms with Crippen LogP contribution in [-0.2, 0) is 10.8 Å². The van der Waals surface area contributed by atoms with Crippen molar-refractivity contribution in [1.82, 2.24) is 0 Å². The first-order valence-electron chi connectivity index (χ1n) is 11.6. The summed E-state index contributed by atoms with van der Waals surface area (Å²) in [5, 5.41) is 10.3. The molecule has 0 aliphatic heterocycles. The maximum Gasteiger partial charge on any atom is 0.347 e. The quantitative estimate of drug-likeness (QED) is 0.367. The smallest absolute Gasteiger partial charge is 0.347 e. The van der Waals surface area contributed by atoms with Crippen molar-refractivity contribution >= 4 is 5.97 Å². The third-order valence-corrected chi connectivity index (χ3v) is 5.79. The van der Waals surface area contributed by atoms with E-state index in [1.165, 1.54) is 5.56 Å². The van der Waals surface area contributed by atoms with Gasteiger partial charge in [0.1, 0.15) is 17.1 Å². The van der Waals surface area contributed by atoms with Crippen LogP contribution in [-0.4, -0.2) is 11.1 Å². The molecule has 0 saturated carbocycles. The van der Waals surface area contributed by atoms with Crippen molar-refractivity contribution in [3.63, 3.8) is 0 Å². The number of phenolic OH excluding ortho intramolecular Hbond substituents is 1. The Morgan fingerprint density at radius 3 is 1.62 bits per heavy atom. The summed E-state index contributed by atoms with van der Waals surface area (Å²) in [6, 6.07) is 13.0.